The van der Waals surface area contributed by atoms with Crippen molar-refractivity contribution in [2.24, 2.45) is 5.73 Å². The van der Waals surface area contributed by atoms with Crippen LogP contribution in [0, 0.1) is 6.92 Å². The lowest BCUT2D eigenvalue weighted by Gasteiger charge is -2.40. The van der Waals surface area contributed by atoms with Crippen molar-refractivity contribution >= 4 is 11.8 Å². The first kappa shape index (κ1) is 11.8. The van der Waals surface area contributed by atoms with Gasteiger partial charge in [0, 0.05) is 16.2 Å². The molecule has 1 aliphatic carbocycles. The molecular formula is C13H19NOS. The maximum atomic E-state index is 5.87. The van der Waals surface area contributed by atoms with Crippen LogP contribution in [0.2, 0.25) is 0 Å². The molecule has 0 unspecified atom stereocenters. The fourth-order valence-corrected chi connectivity index (χ4v) is 3.53. The van der Waals surface area contributed by atoms with Crippen molar-refractivity contribution < 1.29 is 4.74 Å². The van der Waals surface area contributed by atoms with Gasteiger partial charge in [-0.3, -0.25) is 0 Å². The van der Waals surface area contributed by atoms with Crippen LogP contribution in [-0.4, -0.2) is 18.4 Å². The summed E-state index contributed by atoms with van der Waals surface area (Å²) in [4.78, 5) is 1.31. The Balaban J connectivity index is 2.13. The predicted molar refractivity (Wildman–Crippen MR) is 69.2 cm³/mol. The van der Waals surface area contributed by atoms with Gasteiger partial charge in [-0.15, -0.1) is 11.8 Å². The molecule has 0 atom stereocenters. The van der Waals surface area contributed by atoms with Crippen molar-refractivity contribution in [1.82, 2.24) is 0 Å². The molecule has 0 spiro atoms. The summed E-state index contributed by atoms with van der Waals surface area (Å²) < 4.78 is 5.57. The molecule has 1 aromatic rings. The summed E-state index contributed by atoms with van der Waals surface area (Å²) >= 11 is 1.93. The molecular weight excluding hydrogens is 218 g/mol. The van der Waals surface area contributed by atoms with Crippen molar-refractivity contribution in [2.75, 3.05) is 13.7 Å². The number of aryl methyl sites for hydroxylation is 1. The van der Waals surface area contributed by atoms with Gasteiger partial charge in [0.25, 0.3) is 0 Å². The van der Waals surface area contributed by atoms with Crippen LogP contribution in [0.4, 0.5) is 0 Å². The van der Waals surface area contributed by atoms with Gasteiger partial charge in [0.2, 0.25) is 0 Å². The fraction of sp³-hybridized carbons (Fsp3) is 0.538. The highest BCUT2D eigenvalue weighted by molar-refractivity contribution is 8.00. The van der Waals surface area contributed by atoms with E-state index in [9.17, 15) is 0 Å². The molecule has 0 amide bonds. The van der Waals surface area contributed by atoms with Crippen LogP contribution in [0.1, 0.15) is 24.8 Å². The number of benzene rings is 1. The largest absolute Gasteiger partial charge is 0.496 e. The maximum Gasteiger partial charge on any atom is 0.121 e. The van der Waals surface area contributed by atoms with Gasteiger partial charge in [-0.2, -0.15) is 0 Å². The first-order chi connectivity index (χ1) is 7.69. The van der Waals surface area contributed by atoms with E-state index in [-0.39, 0.29) is 0 Å². The molecule has 2 nitrogen and oxygen atoms in total. The normalized spacial score (nSPS) is 17.9. The van der Waals surface area contributed by atoms with Gasteiger partial charge >= 0.3 is 0 Å². The minimum atomic E-state index is 0.307. The van der Waals surface area contributed by atoms with Gasteiger partial charge in [-0.1, -0.05) is 6.42 Å². The topological polar surface area (TPSA) is 35.2 Å². The molecule has 0 bridgehead atoms. The second-order valence-corrected chi connectivity index (χ2v) is 6.02. The molecule has 0 aliphatic heterocycles. The smallest absolute Gasteiger partial charge is 0.121 e. The van der Waals surface area contributed by atoms with Gasteiger partial charge in [-0.05, 0) is 43.5 Å². The van der Waals surface area contributed by atoms with Crippen LogP contribution < -0.4 is 10.5 Å². The van der Waals surface area contributed by atoms with E-state index in [1.165, 1.54) is 29.7 Å². The first-order valence-corrected chi connectivity index (χ1v) is 6.54. The minimum Gasteiger partial charge on any atom is -0.496 e. The highest BCUT2D eigenvalue weighted by Gasteiger charge is 2.36. The third-order valence-electron chi connectivity index (χ3n) is 3.34. The SMILES string of the molecule is COc1ccc(SC2(CN)CCC2)cc1C. The average molecular weight is 237 g/mol. The zero-order valence-electron chi connectivity index (χ0n) is 9.95. The van der Waals surface area contributed by atoms with Gasteiger partial charge in [-0.25, -0.2) is 0 Å². The Hall–Kier alpha value is -0.670. The number of methoxy groups -OCH3 is 1. The predicted octanol–water partition coefficient (Wildman–Crippen LogP) is 2.98. The van der Waals surface area contributed by atoms with Crippen LogP contribution in [0.5, 0.6) is 5.75 Å². The van der Waals surface area contributed by atoms with Crippen LogP contribution in [-0.2, 0) is 0 Å². The van der Waals surface area contributed by atoms with Crippen LogP contribution in [0.25, 0.3) is 0 Å². The van der Waals surface area contributed by atoms with E-state index in [1.54, 1.807) is 7.11 Å². The summed E-state index contributed by atoms with van der Waals surface area (Å²) in [5.41, 5.74) is 7.06. The minimum absolute atomic E-state index is 0.307. The summed E-state index contributed by atoms with van der Waals surface area (Å²) in [6, 6.07) is 6.37. The van der Waals surface area contributed by atoms with Gasteiger partial charge < -0.3 is 10.5 Å². The molecule has 1 saturated carbocycles. The Kier molecular flexibility index (Phi) is 3.45. The van der Waals surface area contributed by atoms with E-state index < -0.39 is 0 Å². The number of rotatable bonds is 4. The quantitative estimate of drug-likeness (QED) is 0.874. The number of thioether (sulfide) groups is 1. The molecule has 2 rings (SSSR count). The standard InChI is InChI=1S/C13H19NOS/c1-10-8-11(4-5-12(10)15-2)16-13(9-14)6-3-7-13/h4-5,8H,3,6-7,9,14H2,1-2H3. The fourth-order valence-electron chi connectivity index (χ4n) is 2.08. The van der Waals surface area contributed by atoms with Gasteiger partial charge in [0.1, 0.15) is 5.75 Å². The Morgan fingerprint density at radius 1 is 1.44 bits per heavy atom. The Morgan fingerprint density at radius 2 is 2.19 bits per heavy atom. The molecule has 16 heavy (non-hydrogen) atoms. The van der Waals surface area contributed by atoms with Crippen molar-refractivity contribution in [1.29, 1.82) is 0 Å². The second kappa shape index (κ2) is 4.68. The highest BCUT2D eigenvalue weighted by Crippen LogP contribution is 2.47. The van der Waals surface area contributed by atoms with E-state index in [0.29, 0.717) is 4.75 Å². The van der Waals surface area contributed by atoms with Crippen molar-refractivity contribution in [2.45, 2.75) is 35.8 Å². The van der Waals surface area contributed by atoms with E-state index in [0.717, 1.165) is 12.3 Å². The summed E-state index contributed by atoms with van der Waals surface area (Å²) in [7, 11) is 1.71. The Labute approximate surface area is 102 Å². The number of hydrogen-bond acceptors (Lipinski definition) is 3. The van der Waals surface area contributed by atoms with E-state index in [4.69, 9.17) is 10.5 Å². The molecule has 0 aromatic heterocycles. The molecule has 88 valence electrons. The molecule has 1 aliphatic rings. The number of ether oxygens (including phenoxy) is 1. The molecule has 1 aromatic carbocycles. The first-order valence-electron chi connectivity index (χ1n) is 5.73. The molecule has 0 radical (unpaired) electrons. The monoisotopic (exact) mass is 237 g/mol. The molecule has 1 fully saturated rings. The van der Waals surface area contributed by atoms with E-state index >= 15 is 0 Å². The zero-order valence-corrected chi connectivity index (χ0v) is 10.8. The molecule has 0 heterocycles. The van der Waals surface area contributed by atoms with Crippen LogP contribution in [0.15, 0.2) is 23.1 Å². The van der Waals surface area contributed by atoms with E-state index in [2.05, 4.69) is 19.1 Å². The van der Waals surface area contributed by atoms with Crippen molar-refractivity contribution in [3.63, 3.8) is 0 Å². The number of nitrogens with two attached hydrogens (primary N) is 1. The lowest BCUT2D eigenvalue weighted by molar-refractivity contribution is 0.371. The lowest BCUT2D eigenvalue weighted by atomic mass is 9.84. The van der Waals surface area contributed by atoms with Crippen LogP contribution >= 0.6 is 11.8 Å². The third-order valence-corrected chi connectivity index (χ3v) is 4.84. The zero-order chi connectivity index (χ0) is 11.6. The Bertz CT molecular complexity index is 369. The van der Waals surface area contributed by atoms with Gasteiger partial charge in [0.05, 0.1) is 7.11 Å². The highest BCUT2D eigenvalue weighted by atomic mass is 32.2. The van der Waals surface area contributed by atoms with Crippen LogP contribution in [0.3, 0.4) is 0 Å². The third kappa shape index (κ3) is 2.20. The lowest BCUT2D eigenvalue weighted by Crippen LogP contribution is -2.40. The summed E-state index contributed by atoms with van der Waals surface area (Å²) in [6.07, 6.45) is 3.82. The van der Waals surface area contributed by atoms with Gasteiger partial charge in [0.15, 0.2) is 0 Å². The average Bonchev–Trinajstić information content (AvgIpc) is 2.24. The van der Waals surface area contributed by atoms with Crippen molar-refractivity contribution in [3.05, 3.63) is 23.8 Å². The Morgan fingerprint density at radius 3 is 2.62 bits per heavy atom. The number of hydrogen-bond donors (Lipinski definition) is 1. The molecule has 0 saturated heterocycles. The molecule has 3 heteroatoms. The maximum absolute atomic E-state index is 5.87. The molecule has 2 N–H and O–H groups in total. The van der Waals surface area contributed by atoms with E-state index in [1.807, 2.05) is 17.8 Å². The van der Waals surface area contributed by atoms with Crippen molar-refractivity contribution in [3.8, 4) is 5.75 Å². The summed E-state index contributed by atoms with van der Waals surface area (Å²) in [5, 5.41) is 0. The summed E-state index contributed by atoms with van der Waals surface area (Å²) in [5.74, 6) is 0.958. The second-order valence-electron chi connectivity index (χ2n) is 4.47. The summed E-state index contributed by atoms with van der Waals surface area (Å²) in [6.45, 7) is 2.86.